The number of benzene rings is 2. The van der Waals surface area contributed by atoms with E-state index in [2.05, 4.69) is 16.1 Å². The molecule has 1 N–H and O–H groups in total. The first-order valence-electron chi connectivity index (χ1n) is 6.18. The molecule has 5 nitrogen and oxygen atoms in total. The third kappa shape index (κ3) is 3.75. The normalized spacial score (nSPS) is 11.5. The summed E-state index contributed by atoms with van der Waals surface area (Å²) in [5.74, 6) is -1.06. The molecule has 0 unspecified atom stereocenters. The second-order valence-corrected chi connectivity index (χ2v) is 7.26. The maximum absolute atomic E-state index is 12.5. The number of aliphatic carboxylic acids is 1. The number of carboxylic acids is 1. The summed E-state index contributed by atoms with van der Waals surface area (Å²) in [5, 5.41) is 8.56. The highest BCUT2D eigenvalue weighted by Gasteiger charge is 2.22. The van der Waals surface area contributed by atoms with Crippen molar-refractivity contribution in [2.24, 2.45) is 0 Å². The van der Waals surface area contributed by atoms with E-state index >= 15 is 0 Å². The molecule has 0 spiro atoms. The number of sulfonamides is 1. The highest BCUT2D eigenvalue weighted by molar-refractivity contribution is 9.11. The van der Waals surface area contributed by atoms with Gasteiger partial charge in [-0.05, 0) is 35.9 Å². The van der Waals surface area contributed by atoms with Crippen molar-refractivity contribution in [3.63, 3.8) is 0 Å². The maximum Gasteiger partial charge on any atom is 0.328 e. The summed E-state index contributed by atoms with van der Waals surface area (Å²) in [5.41, 5.74) is 1.08. The van der Waals surface area contributed by atoms with Crippen molar-refractivity contribution in [2.75, 3.05) is 3.33 Å². The van der Waals surface area contributed by atoms with E-state index in [-0.39, 0.29) is 4.90 Å². The summed E-state index contributed by atoms with van der Waals surface area (Å²) in [4.78, 5) is 10.5. The molecule has 0 saturated carbocycles. The van der Waals surface area contributed by atoms with Crippen LogP contribution >= 0.6 is 16.1 Å². The van der Waals surface area contributed by atoms with Gasteiger partial charge in [-0.3, -0.25) is 0 Å². The van der Waals surface area contributed by atoms with Gasteiger partial charge in [0.25, 0.3) is 10.0 Å². The minimum absolute atomic E-state index is 0.0979. The van der Waals surface area contributed by atoms with Crippen molar-refractivity contribution in [1.29, 1.82) is 0 Å². The van der Waals surface area contributed by atoms with Crippen LogP contribution in [0.1, 0.15) is 5.56 Å². The summed E-state index contributed by atoms with van der Waals surface area (Å²) in [6.45, 7) is 0. The van der Waals surface area contributed by atoms with Crippen molar-refractivity contribution in [3.8, 4) is 0 Å². The molecule has 7 heteroatoms. The summed E-state index contributed by atoms with van der Waals surface area (Å²) < 4.78 is 26.0. The number of carbonyl (C=O) groups is 1. The van der Waals surface area contributed by atoms with E-state index in [1.807, 2.05) is 0 Å². The van der Waals surface area contributed by atoms with E-state index in [0.29, 0.717) is 11.3 Å². The number of rotatable bonds is 5. The molecule has 2 rings (SSSR count). The van der Waals surface area contributed by atoms with E-state index in [1.54, 1.807) is 30.3 Å². The second-order valence-electron chi connectivity index (χ2n) is 4.30. The zero-order valence-corrected chi connectivity index (χ0v) is 13.7. The third-order valence-electron chi connectivity index (χ3n) is 2.77. The van der Waals surface area contributed by atoms with Crippen LogP contribution in [0.3, 0.4) is 0 Å². The predicted octanol–water partition coefficient (Wildman–Crippen LogP) is 3.29. The molecule has 0 bridgehead atoms. The summed E-state index contributed by atoms with van der Waals surface area (Å²) in [7, 11) is -3.73. The van der Waals surface area contributed by atoms with Crippen LogP contribution in [0.2, 0.25) is 0 Å². The average Bonchev–Trinajstić information content (AvgIpc) is 2.53. The summed E-state index contributed by atoms with van der Waals surface area (Å²) in [6, 6.07) is 14.5. The van der Waals surface area contributed by atoms with E-state index < -0.39 is 16.0 Å². The van der Waals surface area contributed by atoms with Crippen LogP contribution in [0.4, 0.5) is 5.69 Å². The molecular weight excluding hydrogens is 370 g/mol. The molecule has 0 radical (unpaired) electrons. The lowest BCUT2D eigenvalue weighted by Gasteiger charge is -2.16. The van der Waals surface area contributed by atoms with E-state index in [9.17, 15) is 13.2 Å². The Hall–Kier alpha value is -2.12. The molecule has 0 aromatic heterocycles. The number of halogens is 1. The minimum Gasteiger partial charge on any atom is -0.478 e. The molecule has 2 aromatic rings. The monoisotopic (exact) mass is 381 g/mol. The fraction of sp³-hybridized carbons (Fsp3) is 0. The highest BCUT2D eigenvalue weighted by Crippen LogP contribution is 2.26. The van der Waals surface area contributed by atoms with Gasteiger partial charge in [-0.25, -0.2) is 13.2 Å². The third-order valence-corrected chi connectivity index (χ3v) is 5.82. The van der Waals surface area contributed by atoms with Gasteiger partial charge in [-0.15, -0.1) is 0 Å². The fourth-order valence-electron chi connectivity index (χ4n) is 1.69. The predicted molar refractivity (Wildman–Crippen MR) is 88.1 cm³/mol. The average molecular weight is 382 g/mol. The number of nitrogens with zero attached hydrogens (tertiary/aromatic N) is 1. The Labute approximate surface area is 136 Å². The van der Waals surface area contributed by atoms with Crippen molar-refractivity contribution in [1.82, 2.24) is 0 Å². The van der Waals surface area contributed by atoms with E-state index in [0.717, 1.165) is 9.41 Å². The Kier molecular flexibility index (Phi) is 4.99. The van der Waals surface area contributed by atoms with Crippen molar-refractivity contribution < 1.29 is 18.3 Å². The Morgan fingerprint density at radius 1 is 1.05 bits per heavy atom. The summed E-state index contributed by atoms with van der Waals surface area (Å²) >= 11 is 3.07. The number of hydrogen-bond donors (Lipinski definition) is 1. The molecule has 114 valence electrons. The Bertz CT molecular complexity index is 786. The van der Waals surface area contributed by atoms with Crippen molar-refractivity contribution in [3.05, 3.63) is 66.2 Å². The van der Waals surface area contributed by atoms with Gasteiger partial charge in [-0.2, -0.15) is 3.33 Å². The number of hydrogen-bond acceptors (Lipinski definition) is 3. The molecular formula is C15H12BrNO4S. The van der Waals surface area contributed by atoms with Crippen LogP contribution in [0, 0.1) is 0 Å². The SMILES string of the molecule is O=C(O)C=Cc1ccc(S(=O)(=O)N(Br)c2ccccc2)cc1. The molecule has 0 fully saturated rings. The van der Waals surface area contributed by atoms with Crippen LogP contribution in [0.25, 0.3) is 6.08 Å². The van der Waals surface area contributed by atoms with Crippen LogP contribution in [-0.4, -0.2) is 19.5 Å². The molecule has 22 heavy (non-hydrogen) atoms. The minimum atomic E-state index is -3.73. The molecule has 0 atom stereocenters. The van der Waals surface area contributed by atoms with Gasteiger partial charge in [-0.1, -0.05) is 30.3 Å². The van der Waals surface area contributed by atoms with Crippen LogP contribution < -0.4 is 3.33 Å². The first kappa shape index (κ1) is 16.3. The van der Waals surface area contributed by atoms with Gasteiger partial charge in [0.1, 0.15) is 0 Å². The topological polar surface area (TPSA) is 74.7 Å². The molecule has 0 heterocycles. The molecule has 0 amide bonds. The zero-order chi connectivity index (χ0) is 16.2. The Morgan fingerprint density at radius 2 is 1.64 bits per heavy atom. The van der Waals surface area contributed by atoms with E-state index in [4.69, 9.17) is 5.11 Å². The van der Waals surface area contributed by atoms with E-state index in [1.165, 1.54) is 30.3 Å². The van der Waals surface area contributed by atoms with Crippen LogP contribution in [0.5, 0.6) is 0 Å². The zero-order valence-electron chi connectivity index (χ0n) is 11.3. The first-order chi connectivity index (χ1) is 10.4. The second kappa shape index (κ2) is 6.76. The standard InChI is InChI=1S/C15H12BrNO4S/c16-17(13-4-2-1-3-5-13)22(20,21)14-9-6-12(7-10-14)8-11-15(18)19/h1-11H,(H,18,19). The molecule has 0 aliphatic heterocycles. The lowest BCUT2D eigenvalue weighted by Crippen LogP contribution is -2.20. The lowest BCUT2D eigenvalue weighted by atomic mass is 10.2. The smallest absolute Gasteiger partial charge is 0.328 e. The number of anilines is 1. The van der Waals surface area contributed by atoms with Crippen LogP contribution in [0.15, 0.2) is 65.6 Å². The van der Waals surface area contributed by atoms with Gasteiger partial charge in [0.15, 0.2) is 0 Å². The number of para-hydroxylation sites is 1. The Morgan fingerprint density at radius 3 is 2.18 bits per heavy atom. The van der Waals surface area contributed by atoms with Gasteiger partial charge in [0.05, 0.1) is 26.7 Å². The number of carboxylic acid groups (broad SMARTS) is 1. The molecule has 0 aliphatic carbocycles. The van der Waals surface area contributed by atoms with Gasteiger partial charge in [0, 0.05) is 6.08 Å². The first-order valence-corrected chi connectivity index (χ1v) is 8.33. The lowest BCUT2D eigenvalue weighted by molar-refractivity contribution is -0.131. The summed E-state index contributed by atoms with van der Waals surface area (Å²) in [6.07, 6.45) is 2.38. The molecule has 0 aliphatic rings. The van der Waals surface area contributed by atoms with Gasteiger partial charge >= 0.3 is 5.97 Å². The van der Waals surface area contributed by atoms with Gasteiger partial charge in [0.2, 0.25) is 0 Å². The fourth-order valence-corrected chi connectivity index (χ4v) is 3.50. The molecule has 2 aromatic carbocycles. The van der Waals surface area contributed by atoms with Crippen molar-refractivity contribution in [2.45, 2.75) is 4.90 Å². The van der Waals surface area contributed by atoms with Gasteiger partial charge < -0.3 is 5.11 Å². The van der Waals surface area contributed by atoms with Crippen LogP contribution in [-0.2, 0) is 14.8 Å². The Balaban J connectivity index is 2.28. The highest BCUT2D eigenvalue weighted by atomic mass is 79.9. The van der Waals surface area contributed by atoms with Crippen molar-refractivity contribution >= 4 is 43.9 Å². The quantitative estimate of drug-likeness (QED) is 0.636. The maximum atomic E-state index is 12.5. The molecule has 0 saturated heterocycles. The largest absolute Gasteiger partial charge is 0.478 e.